The summed E-state index contributed by atoms with van der Waals surface area (Å²) in [5.74, 6) is -0.213. The van der Waals surface area contributed by atoms with Crippen molar-refractivity contribution in [2.75, 3.05) is 7.11 Å². The summed E-state index contributed by atoms with van der Waals surface area (Å²) >= 11 is 0. The first-order valence-corrected chi connectivity index (χ1v) is 3.18. The molecule has 0 aromatic carbocycles. The van der Waals surface area contributed by atoms with Gasteiger partial charge >= 0.3 is 5.97 Å². The summed E-state index contributed by atoms with van der Waals surface area (Å²) in [5.41, 5.74) is 0. The molecule has 0 fully saturated rings. The predicted molar refractivity (Wildman–Crippen MR) is 40.0 cm³/mol. The van der Waals surface area contributed by atoms with E-state index < -0.39 is 0 Å². The lowest BCUT2D eigenvalue weighted by Crippen LogP contribution is -2.06. The Kier molecular flexibility index (Phi) is 10.2. The first-order valence-electron chi connectivity index (χ1n) is 3.18. The fourth-order valence-corrected chi connectivity index (χ4v) is 0.332. The number of carbonyl (C=O) groups excluding carboxylic acids is 2. The van der Waals surface area contributed by atoms with E-state index in [4.69, 9.17) is 4.79 Å². The Hall–Kier alpha value is -1.06. The number of methoxy groups -OCH3 is 1. The molecule has 0 bridgehead atoms. The van der Waals surface area contributed by atoms with Crippen molar-refractivity contribution in [2.45, 2.75) is 26.9 Å². The van der Waals surface area contributed by atoms with Crippen LogP contribution in [0.15, 0.2) is 0 Å². The molecule has 0 heterocycles. The minimum atomic E-state index is -0.213. The number of carbonyl (C=O) groups is 2. The van der Waals surface area contributed by atoms with E-state index in [0.29, 0.717) is 6.47 Å². The first kappa shape index (κ1) is 12.6. The summed E-state index contributed by atoms with van der Waals surface area (Å²) in [6.45, 7) is 5.42. The van der Waals surface area contributed by atoms with Crippen LogP contribution in [0.1, 0.15) is 20.8 Å². The highest BCUT2D eigenvalue weighted by Gasteiger charge is 1.93. The number of ether oxygens (including phenoxy) is 2. The molecule has 0 N–H and O–H groups in total. The zero-order chi connectivity index (χ0) is 9.28. The Morgan fingerprint density at radius 3 is 1.82 bits per heavy atom. The Labute approximate surface area is 66.5 Å². The van der Waals surface area contributed by atoms with E-state index in [1.165, 1.54) is 14.0 Å². The zero-order valence-electron chi connectivity index (χ0n) is 7.29. The van der Waals surface area contributed by atoms with E-state index in [1.807, 2.05) is 13.8 Å². The van der Waals surface area contributed by atoms with Crippen molar-refractivity contribution in [1.29, 1.82) is 0 Å². The summed E-state index contributed by atoms with van der Waals surface area (Å²) in [6.07, 6.45) is 0.0255. The molecule has 0 atom stereocenters. The van der Waals surface area contributed by atoms with Gasteiger partial charge in [-0.2, -0.15) is 0 Å². The monoisotopic (exact) mass is 162 g/mol. The lowest BCUT2D eigenvalue weighted by Gasteiger charge is -2.01. The third-order valence-electron chi connectivity index (χ3n) is 0.498. The van der Waals surface area contributed by atoms with Crippen LogP contribution in [0.5, 0.6) is 0 Å². The van der Waals surface area contributed by atoms with Crippen molar-refractivity contribution < 1.29 is 19.1 Å². The van der Waals surface area contributed by atoms with Crippen LogP contribution < -0.4 is 0 Å². The van der Waals surface area contributed by atoms with Crippen LogP contribution in [-0.4, -0.2) is 25.7 Å². The van der Waals surface area contributed by atoms with Gasteiger partial charge in [-0.3, -0.25) is 9.59 Å². The van der Waals surface area contributed by atoms with Crippen molar-refractivity contribution in [3.8, 4) is 0 Å². The predicted octanol–water partition coefficient (Wildman–Crippen LogP) is 0.747. The quantitative estimate of drug-likeness (QED) is 0.444. The van der Waals surface area contributed by atoms with Crippen LogP contribution in [0.4, 0.5) is 0 Å². The van der Waals surface area contributed by atoms with Gasteiger partial charge in [0.1, 0.15) is 0 Å². The molecular weight excluding hydrogens is 148 g/mol. The molecule has 4 heteroatoms. The van der Waals surface area contributed by atoms with Gasteiger partial charge in [0.05, 0.1) is 13.2 Å². The normalized spacial score (nSPS) is 7.73. The summed E-state index contributed by atoms with van der Waals surface area (Å²) in [5, 5.41) is 0. The molecule has 0 amide bonds. The molecular formula is C7H14O4. The molecule has 0 aliphatic carbocycles. The van der Waals surface area contributed by atoms with Crippen molar-refractivity contribution in [1.82, 2.24) is 0 Å². The van der Waals surface area contributed by atoms with Gasteiger partial charge < -0.3 is 9.47 Å². The maximum Gasteiger partial charge on any atom is 0.302 e. The molecule has 0 rings (SSSR count). The summed E-state index contributed by atoms with van der Waals surface area (Å²) < 4.78 is 8.47. The van der Waals surface area contributed by atoms with E-state index >= 15 is 0 Å². The highest BCUT2D eigenvalue weighted by Crippen LogP contribution is 1.85. The zero-order valence-corrected chi connectivity index (χ0v) is 7.29. The number of rotatable bonds is 2. The standard InChI is InChI=1S/C5H10O2.C2H4O2/c1-4(2)7-5(3)6;1-4-2-3/h4H,1-3H3;2H,1H3. The lowest BCUT2D eigenvalue weighted by molar-refractivity contribution is -0.144. The van der Waals surface area contributed by atoms with Gasteiger partial charge in [-0.25, -0.2) is 0 Å². The Morgan fingerprint density at radius 1 is 1.45 bits per heavy atom. The third-order valence-corrected chi connectivity index (χ3v) is 0.498. The average Bonchev–Trinajstić information content (AvgIpc) is 1.85. The van der Waals surface area contributed by atoms with Gasteiger partial charge in [-0.05, 0) is 13.8 Å². The minimum absolute atomic E-state index is 0.0255. The van der Waals surface area contributed by atoms with E-state index in [-0.39, 0.29) is 12.1 Å². The van der Waals surface area contributed by atoms with Crippen molar-refractivity contribution in [3.63, 3.8) is 0 Å². The average molecular weight is 162 g/mol. The molecule has 0 aliphatic heterocycles. The van der Waals surface area contributed by atoms with Crippen LogP contribution in [0, 0.1) is 0 Å². The summed E-state index contributed by atoms with van der Waals surface area (Å²) in [7, 11) is 1.31. The second-order valence-corrected chi connectivity index (χ2v) is 1.99. The molecule has 11 heavy (non-hydrogen) atoms. The molecule has 0 radical (unpaired) electrons. The fourth-order valence-electron chi connectivity index (χ4n) is 0.332. The molecule has 0 aromatic rings. The van der Waals surface area contributed by atoms with Crippen molar-refractivity contribution in [2.24, 2.45) is 0 Å². The Balaban J connectivity index is 0. The maximum atomic E-state index is 10.0. The molecule has 4 nitrogen and oxygen atoms in total. The molecule has 0 saturated carbocycles. The topological polar surface area (TPSA) is 52.6 Å². The SMILES string of the molecule is CC(=O)OC(C)C.COC=O. The van der Waals surface area contributed by atoms with Crippen LogP contribution in [0.2, 0.25) is 0 Å². The van der Waals surface area contributed by atoms with Gasteiger partial charge in [0, 0.05) is 6.92 Å². The number of hydrogen-bond acceptors (Lipinski definition) is 4. The summed E-state index contributed by atoms with van der Waals surface area (Å²) in [4.78, 5) is 19.0. The van der Waals surface area contributed by atoms with Crippen LogP contribution in [0.3, 0.4) is 0 Å². The van der Waals surface area contributed by atoms with Crippen LogP contribution >= 0.6 is 0 Å². The van der Waals surface area contributed by atoms with Gasteiger partial charge in [-0.1, -0.05) is 0 Å². The molecule has 0 saturated heterocycles. The molecule has 0 unspecified atom stereocenters. The minimum Gasteiger partial charge on any atom is -0.471 e. The van der Waals surface area contributed by atoms with E-state index in [2.05, 4.69) is 9.47 Å². The van der Waals surface area contributed by atoms with Gasteiger partial charge in [0.2, 0.25) is 0 Å². The fraction of sp³-hybridized carbons (Fsp3) is 0.714. The highest BCUT2D eigenvalue weighted by molar-refractivity contribution is 5.66. The summed E-state index contributed by atoms with van der Waals surface area (Å²) in [6, 6.07) is 0. The van der Waals surface area contributed by atoms with E-state index in [1.54, 1.807) is 0 Å². The maximum absolute atomic E-state index is 10.0. The molecule has 66 valence electrons. The lowest BCUT2D eigenvalue weighted by atomic mass is 10.5. The Bertz CT molecular complexity index is 109. The van der Waals surface area contributed by atoms with Crippen molar-refractivity contribution >= 4 is 12.4 Å². The van der Waals surface area contributed by atoms with Crippen LogP contribution in [-0.2, 0) is 19.1 Å². The second kappa shape index (κ2) is 8.94. The first-order chi connectivity index (χ1) is 5.04. The highest BCUT2D eigenvalue weighted by atomic mass is 16.5. The number of esters is 1. The molecule has 0 spiro atoms. The molecule has 0 aromatic heterocycles. The van der Waals surface area contributed by atoms with Crippen LogP contribution in [0.25, 0.3) is 0 Å². The van der Waals surface area contributed by atoms with Gasteiger partial charge in [0.15, 0.2) is 0 Å². The molecule has 0 aliphatic rings. The third kappa shape index (κ3) is 27.7. The number of hydrogen-bond donors (Lipinski definition) is 0. The van der Waals surface area contributed by atoms with Gasteiger partial charge in [-0.15, -0.1) is 0 Å². The Morgan fingerprint density at radius 2 is 1.82 bits per heavy atom. The van der Waals surface area contributed by atoms with E-state index in [9.17, 15) is 4.79 Å². The largest absolute Gasteiger partial charge is 0.471 e. The second-order valence-electron chi connectivity index (χ2n) is 1.99. The van der Waals surface area contributed by atoms with Gasteiger partial charge in [0.25, 0.3) is 6.47 Å². The van der Waals surface area contributed by atoms with Crippen molar-refractivity contribution in [3.05, 3.63) is 0 Å². The smallest absolute Gasteiger partial charge is 0.302 e. The van der Waals surface area contributed by atoms with E-state index in [0.717, 1.165) is 0 Å².